The van der Waals surface area contributed by atoms with Crippen molar-refractivity contribution in [2.45, 2.75) is 12.8 Å². The second-order valence-electron chi connectivity index (χ2n) is 2.58. The summed E-state index contributed by atoms with van der Waals surface area (Å²) in [4.78, 5) is 9.70. The van der Waals surface area contributed by atoms with Gasteiger partial charge in [-0.15, -0.1) is 0 Å². The van der Waals surface area contributed by atoms with Crippen molar-refractivity contribution < 1.29 is 9.90 Å². The maximum atomic E-state index is 9.70. The molecule has 0 atom stereocenters. The van der Waals surface area contributed by atoms with Crippen LogP contribution >= 0.6 is 11.6 Å². The van der Waals surface area contributed by atoms with Crippen LogP contribution in [0.15, 0.2) is 30.3 Å². The minimum absolute atomic E-state index is 0.191. The molecular formula is C10H14ClNO2. The molecule has 0 aromatic heterocycles. The number of halogens is 1. The van der Waals surface area contributed by atoms with Gasteiger partial charge in [-0.3, -0.25) is 4.79 Å². The number of carbonyl (C=O) groups is 1. The fraction of sp³-hybridized carbons (Fsp3) is 0.300. The summed E-state index contributed by atoms with van der Waals surface area (Å²) < 4.78 is 0. The van der Waals surface area contributed by atoms with Gasteiger partial charge in [0.25, 0.3) is 0 Å². The van der Waals surface area contributed by atoms with Gasteiger partial charge in [0, 0.05) is 11.4 Å². The van der Waals surface area contributed by atoms with E-state index in [1.165, 1.54) is 0 Å². The van der Waals surface area contributed by atoms with Crippen LogP contribution in [0.5, 0.6) is 0 Å². The Kier molecular flexibility index (Phi) is 7.89. The molecule has 0 heterocycles. The third-order valence-electron chi connectivity index (χ3n) is 1.33. The largest absolute Gasteiger partial charge is 0.481 e. The molecule has 0 aliphatic rings. The first-order chi connectivity index (χ1) is 6.66. The molecule has 0 unspecified atom stereocenters. The Morgan fingerprint density at radius 1 is 1.36 bits per heavy atom. The van der Waals surface area contributed by atoms with Crippen LogP contribution in [0.2, 0.25) is 5.02 Å². The van der Waals surface area contributed by atoms with Crippen LogP contribution in [0, 0.1) is 0 Å². The molecular weight excluding hydrogens is 202 g/mol. The molecule has 14 heavy (non-hydrogen) atoms. The van der Waals surface area contributed by atoms with Crippen LogP contribution in [0.4, 0.5) is 0 Å². The highest BCUT2D eigenvalue weighted by Gasteiger charge is 1.91. The molecule has 0 spiro atoms. The summed E-state index contributed by atoms with van der Waals surface area (Å²) in [5.41, 5.74) is 5.01. The molecule has 3 nitrogen and oxygen atoms in total. The highest BCUT2D eigenvalue weighted by molar-refractivity contribution is 6.30. The van der Waals surface area contributed by atoms with Crippen LogP contribution in [0.25, 0.3) is 0 Å². The number of carboxylic acid groups (broad SMARTS) is 1. The van der Waals surface area contributed by atoms with Gasteiger partial charge in [0.1, 0.15) is 0 Å². The average molecular weight is 216 g/mol. The van der Waals surface area contributed by atoms with E-state index in [-0.39, 0.29) is 6.42 Å². The monoisotopic (exact) mass is 215 g/mol. The minimum Gasteiger partial charge on any atom is -0.481 e. The average Bonchev–Trinajstić information content (AvgIpc) is 2.17. The van der Waals surface area contributed by atoms with Crippen molar-refractivity contribution in [1.29, 1.82) is 0 Å². The molecule has 1 aromatic carbocycles. The first kappa shape index (κ1) is 12.9. The van der Waals surface area contributed by atoms with Crippen molar-refractivity contribution in [3.8, 4) is 0 Å². The summed E-state index contributed by atoms with van der Waals surface area (Å²) in [6.45, 7) is 0.465. The van der Waals surface area contributed by atoms with E-state index in [1.807, 2.05) is 30.3 Å². The van der Waals surface area contributed by atoms with Crippen molar-refractivity contribution in [2.75, 3.05) is 6.54 Å². The smallest absolute Gasteiger partial charge is 0.303 e. The normalized spacial score (nSPS) is 8.71. The molecule has 0 aliphatic heterocycles. The fourth-order valence-corrected chi connectivity index (χ4v) is 0.813. The Morgan fingerprint density at radius 2 is 1.93 bits per heavy atom. The summed E-state index contributed by atoms with van der Waals surface area (Å²) in [6.07, 6.45) is 0.770. The van der Waals surface area contributed by atoms with Gasteiger partial charge in [0.05, 0.1) is 0 Å². The predicted molar refractivity (Wildman–Crippen MR) is 57.4 cm³/mol. The molecule has 3 N–H and O–H groups in total. The van der Waals surface area contributed by atoms with Crippen LogP contribution in [-0.4, -0.2) is 17.6 Å². The topological polar surface area (TPSA) is 63.3 Å². The zero-order valence-corrected chi connectivity index (χ0v) is 8.57. The lowest BCUT2D eigenvalue weighted by Gasteiger charge is -1.86. The van der Waals surface area contributed by atoms with Gasteiger partial charge in [-0.05, 0) is 25.1 Å². The maximum absolute atomic E-state index is 9.70. The highest BCUT2D eigenvalue weighted by Crippen LogP contribution is 2.03. The number of rotatable bonds is 3. The number of hydrogen-bond donors (Lipinski definition) is 2. The highest BCUT2D eigenvalue weighted by atomic mass is 35.5. The SMILES string of the molecule is Clc1ccccc1.NCCCC(=O)O. The van der Waals surface area contributed by atoms with Crippen molar-refractivity contribution in [3.05, 3.63) is 35.4 Å². The van der Waals surface area contributed by atoms with E-state index in [9.17, 15) is 4.79 Å². The molecule has 0 fully saturated rings. The Morgan fingerprint density at radius 3 is 2.14 bits per heavy atom. The van der Waals surface area contributed by atoms with E-state index in [1.54, 1.807) is 0 Å². The summed E-state index contributed by atoms with van der Waals surface area (Å²) in [5, 5.41) is 8.78. The van der Waals surface area contributed by atoms with Gasteiger partial charge in [-0.1, -0.05) is 29.8 Å². The second-order valence-corrected chi connectivity index (χ2v) is 3.02. The molecule has 1 aromatic rings. The zero-order valence-electron chi connectivity index (χ0n) is 7.82. The Labute approximate surface area is 88.5 Å². The molecule has 78 valence electrons. The first-order valence-corrected chi connectivity index (χ1v) is 4.67. The molecule has 0 saturated carbocycles. The van der Waals surface area contributed by atoms with Crippen LogP contribution < -0.4 is 5.73 Å². The third kappa shape index (κ3) is 9.03. The Hall–Kier alpha value is -1.06. The maximum Gasteiger partial charge on any atom is 0.303 e. The van der Waals surface area contributed by atoms with Gasteiger partial charge in [0.15, 0.2) is 0 Å². The van der Waals surface area contributed by atoms with Crippen LogP contribution in [-0.2, 0) is 4.79 Å². The van der Waals surface area contributed by atoms with E-state index >= 15 is 0 Å². The van der Waals surface area contributed by atoms with Gasteiger partial charge in [-0.2, -0.15) is 0 Å². The van der Waals surface area contributed by atoms with Crippen molar-refractivity contribution >= 4 is 17.6 Å². The Balaban J connectivity index is 0.000000241. The number of hydrogen-bond acceptors (Lipinski definition) is 2. The summed E-state index contributed by atoms with van der Waals surface area (Å²) in [6, 6.07) is 9.44. The van der Waals surface area contributed by atoms with E-state index in [0.717, 1.165) is 5.02 Å². The van der Waals surface area contributed by atoms with Gasteiger partial charge >= 0.3 is 5.97 Å². The first-order valence-electron chi connectivity index (χ1n) is 4.29. The lowest BCUT2D eigenvalue weighted by atomic mass is 10.3. The van der Waals surface area contributed by atoms with E-state index < -0.39 is 5.97 Å². The third-order valence-corrected chi connectivity index (χ3v) is 1.58. The predicted octanol–water partition coefficient (Wildman–Crippen LogP) is 2.15. The quantitative estimate of drug-likeness (QED) is 0.812. The molecule has 0 bridgehead atoms. The molecule has 0 amide bonds. The number of aliphatic carboxylic acids is 1. The van der Waals surface area contributed by atoms with Gasteiger partial charge in [-0.25, -0.2) is 0 Å². The standard InChI is InChI=1S/C6H5Cl.C4H9NO2/c7-6-4-2-1-3-5-6;5-3-1-2-4(6)7/h1-5H;1-3,5H2,(H,6,7). The van der Waals surface area contributed by atoms with Crippen molar-refractivity contribution in [2.24, 2.45) is 5.73 Å². The molecule has 0 saturated heterocycles. The summed E-state index contributed by atoms with van der Waals surface area (Å²) >= 11 is 5.54. The van der Waals surface area contributed by atoms with E-state index in [4.69, 9.17) is 22.4 Å². The van der Waals surface area contributed by atoms with Crippen LogP contribution in [0.1, 0.15) is 12.8 Å². The Bertz CT molecular complexity index is 252. The molecule has 0 aliphatic carbocycles. The van der Waals surface area contributed by atoms with Crippen LogP contribution in [0.3, 0.4) is 0 Å². The number of nitrogens with two attached hydrogens (primary N) is 1. The van der Waals surface area contributed by atoms with E-state index in [2.05, 4.69) is 0 Å². The molecule has 1 rings (SSSR count). The summed E-state index contributed by atoms with van der Waals surface area (Å²) in [7, 11) is 0. The lowest BCUT2D eigenvalue weighted by molar-refractivity contribution is -0.137. The summed E-state index contributed by atoms with van der Waals surface area (Å²) in [5.74, 6) is -0.773. The fourth-order valence-electron chi connectivity index (χ4n) is 0.668. The second kappa shape index (κ2) is 8.53. The molecule has 0 radical (unpaired) electrons. The number of benzene rings is 1. The van der Waals surface area contributed by atoms with E-state index in [0.29, 0.717) is 13.0 Å². The van der Waals surface area contributed by atoms with Gasteiger partial charge in [0.2, 0.25) is 0 Å². The van der Waals surface area contributed by atoms with Crippen molar-refractivity contribution in [3.63, 3.8) is 0 Å². The molecule has 4 heteroatoms. The number of carboxylic acids is 1. The zero-order chi connectivity index (χ0) is 10.8. The van der Waals surface area contributed by atoms with Gasteiger partial charge < -0.3 is 10.8 Å². The lowest BCUT2D eigenvalue weighted by Crippen LogP contribution is -2.02. The van der Waals surface area contributed by atoms with Crippen molar-refractivity contribution in [1.82, 2.24) is 0 Å². The minimum atomic E-state index is -0.773.